The molecule has 0 amide bonds. The Hall–Kier alpha value is -0.860. The van der Waals surface area contributed by atoms with E-state index in [1.54, 1.807) is 0 Å². The molecule has 1 aromatic rings. The minimum Gasteiger partial charge on any atom is -0.379 e. The Morgan fingerprint density at radius 2 is 1.81 bits per heavy atom. The molecule has 1 aromatic carbocycles. The first-order valence-electron chi connectivity index (χ1n) is 10.2. The largest absolute Gasteiger partial charge is 0.379 e. The van der Waals surface area contributed by atoms with E-state index in [0.717, 1.165) is 70.9 Å². The molecule has 2 fully saturated rings. The number of guanidine groups is 1. The van der Waals surface area contributed by atoms with Crippen LogP contribution < -0.4 is 5.32 Å². The maximum absolute atomic E-state index is 5.42. The Morgan fingerprint density at radius 1 is 1.11 bits per heavy atom. The van der Waals surface area contributed by atoms with E-state index in [1.165, 1.54) is 24.8 Å². The summed E-state index contributed by atoms with van der Waals surface area (Å²) in [5.41, 5.74) is 1.47. The summed E-state index contributed by atoms with van der Waals surface area (Å²) in [4.78, 5) is 9.79. The molecule has 3 rings (SSSR count). The molecule has 5 nitrogen and oxygen atoms in total. The van der Waals surface area contributed by atoms with Crippen molar-refractivity contribution < 1.29 is 4.74 Å². The third-order valence-corrected chi connectivity index (χ3v) is 5.40. The van der Waals surface area contributed by atoms with Crippen molar-refractivity contribution in [2.45, 2.75) is 26.2 Å². The molecule has 1 N–H and O–H groups in total. The average molecular weight is 486 g/mol. The van der Waals surface area contributed by atoms with E-state index in [9.17, 15) is 0 Å². The van der Waals surface area contributed by atoms with Gasteiger partial charge in [0.25, 0.3) is 0 Å². The van der Waals surface area contributed by atoms with E-state index < -0.39 is 0 Å². The lowest BCUT2D eigenvalue weighted by Gasteiger charge is -2.34. The van der Waals surface area contributed by atoms with Crippen molar-refractivity contribution >= 4 is 29.9 Å². The summed E-state index contributed by atoms with van der Waals surface area (Å²) in [5, 5.41) is 3.49. The number of hydrogen-bond acceptors (Lipinski definition) is 3. The van der Waals surface area contributed by atoms with Gasteiger partial charge in [-0.05, 0) is 37.7 Å². The molecule has 27 heavy (non-hydrogen) atoms. The molecule has 0 radical (unpaired) electrons. The van der Waals surface area contributed by atoms with Gasteiger partial charge in [-0.2, -0.15) is 0 Å². The van der Waals surface area contributed by atoms with E-state index in [0.29, 0.717) is 0 Å². The third kappa shape index (κ3) is 7.58. The molecule has 0 saturated carbocycles. The number of halogens is 1. The summed E-state index contributed by atoms with van der Waals surface area (Å²) in [6.07, 6.45) is 3.71. The molecule has 2 aliphatic rings. The Morgan fingerprint density at radius 3 is 2.48 bits per heavy atom. The van der Waals surface area contributed by atoms with Crippen molar-refractivity contribution in [2.24, 2.45) is 10.9 Å². The van der Waals surface area contributed by atoms with Gasteiger partial charge >= 0.3 is 0 Å². The van der Waals surface area contributed by atoms with Crippen molar-refractivity contribution in [2.75, 3.05) is 59.0 Å². The average Bonchev–Trinajstić information content (AvgIpc) is 2.70. The Kier molecular flexibility index (Phi) is 10.4. The van der Waals surface area contributed by atoms with Gasteiger partial charge in [0.1, 0.15) is 0 Å². The molecule has 152 valence electrons. The van der Waals surface area contributed by atoms with Gasteiger partial charge < -0.3 is 15.0 Å². The van der Waals surface area contributed by atoms with Crippen LogP contribution in [0.25, 0.3) is 0 Å². The van der Waals surface area contributed by atoms with E-state index in [2.05, 4.69) is 52.4 Å². The molecule has 2 heterocycles. The van der Waals surface area contributed by atoms with Crippen LogP contribution in [-0.2, 0) is 11.2 Å². The van der Waals surface area contributed by atoms with Gasteiger partial charge in [-0.25, -0.2) is 0 Å². The second kappa shape index (κ2) is 12.6. The number of benzene rings is 1. The van der Waals surface area contributed by atoms with Gasteiger partial charge in [0, 0.05) is 39.3 Å². The highest BCUT2D eigenvalue weighted by atomic mass is 127. The molecular weight excluding hydrogens is 451 g/mol. The van der Waals surface area contributed by atoms with Crippen molar-refractivity contribution in [1.29, 1.82) is 0 Å². The molecule has 0 aromatic heterocycles. The van der Waals surface area contributed by atoms with Crippen LogP contribution in [0.1, 0.15) is 25.3 Å². The van der Waals surface area contributed by atoms with Gasteiger partial charge in [0.2, 0.25) is 0 Å². The maximum atomic E-state index is 5.42. The fourth-order valence-corrected chi connectivity index (χ4v) is 3.84. The Bertz CT molecular complexity index is 540. The molecule has 2 aliphatic heterocycles. The van der Waals surface area contributed by atoms with Crippen LogP contribution in [0, 0.1) is 5.92 Å². The highest BCUT2D eigenvalue weighted by Crippen LogP contribution is 2.21. The maximum Gasteiger partial charge on any atom is 0.193 e. The minimum absolute atomic E-state index is 0. The molecule has 0 unspecified atom stereocenters. The zero-order chi connectivity index (χ0) is 18.0. The summed E-state index contributed by atoms with van der Waals surface area (Å²) in [6.45, 7) is 11.0. The molecule has 0 spiro atoms. The SMILES string of the molecule is CCNC(=NCCN1CCOCC1)N1CCC(Cc2ccccc2)CC1.I. The highest BCUT2D eigenvalue weighted by Gasteiger charge is 2.21. The predicted octanol–water partition coefficient (Wildman–Crippen LogP) is 2.86. The van der Waals surface area contributed by atoms with Gasteiger partial charge in [0.05, 0.1) is 19.8 Å². The fraction of sp³-hybridized carbons (Fsp3) is 0.667. The smallest absolute Gasteiger partial charge is 0.193 e. The van der Waals surface area contributed by atoms with Gasteiger partial charge in [-0.3, -0.25) is 9.89 Å². The summed E-state index contributed by atoms with van der Waals surface area (Å²) in [5.74, 6) is 1.89. The van der Waals surface area contributed by atoms with Crippen LogP contribution >= 0.6 is 24.0 Å². The van der Waals surface area contributed by atoms with Crippen molar-refractivity contribution in [3.63, 3.8) is 0 Å². The number of nitrogens with one attached hydrogen (secondary N) is 1. The molecular formula is C21H35IN4O. The summed E-state index contributed by atoms with van der Waals surface area (Å²) in [6, 6.07) is 10.9. The number of nitrogens with zero attached hydrogens (tertiary/aromatic N) is 3. The molecule has 2 saturated heterocycles. The quantitative estimate of drug-likeness (QED) is 0.382. The summed E-state index contributed by atoms with van der Waals surface area (Å²) >= 11 is 0. The van der Waals surface area contributed by atoms with E-state index in [-0.39, 0.29) is 24.0 Å². The zero-order valence-corrected chi connectivity index (χ0v) is 18.9. The number of morpholine rings is 1. The molecule has 6 heteroatoms. The van der Waals surface area contributed by atoms with Crippen molar-refractivity contribution in [3.8, 4) is 0 Å². The van der Waals surface area contributed by atoms with Crippen molar-refractivity contribution in [1.82, 2.24) is 15.1 Å². The molecule has 0 bridgehead atoms. The summed E-state index contributed by atoms with van der Waals surface area (Å²) < 4.78 is 5.42. The fourth-order valence-electron chi connectivity index (χ4n) is 3.84. The minimum atomic E-state index is 0. The topological polar surface area (TPSA) is 40.1 Å². The zero-order valence-electron chi connectivity index (χ0n) is 16.6. The van der Waals surface area contributed by atoms with Gasteiger partial charge in [-0.15, -0.1) is 24.0 Å². The van der Waals surface area contributed by atoms with Crippen LogP contribution in [0.4, 0.5) is 0 Å². The Labute approximate surface area is 181 Å². The molecule has 0 aliphatic carbocycles. The predicted molar refractivity (Wildman–Crippen MR) is 123 cm³/mol. The first kappa shape index (κ1) is 22.4. The van der Waals surface area contributed by atoms with Crippen LogP contribution in [0.5, 0.6) is 0 Å². The molecule has 0 atom stereocenters. The lowest BCUT2D eigenvalue weighted by Crippen LogP contribution is -2.46. The van der Waals surface area contributed by atoms with Crippen LogP contribution in [0.15, 0.2) is 35.3 Å². The monoisotopic (exact) mass is 486 g/mol. The van der Waals surface area contributed by atoms with E-state index in [1.807, 2.05) is 0 Å². The number of rotatable bonds is 6. The number of ether oxygens (including phenoxy) is 1. The Balaban J connectivity index is 0.00000261. The van der Waals surface area contributed by atoms with E-state index in [4.69, 9.17) is 9.73 Å². The van der Waals surface area contributed by atoms with Crippen LogP contribution in [0.2, 0.25) is 0 Å². The lowest BCUT2D eigenvalue weighted by molar-refractivity contribution is 0.0394. The first-order valence-corrected chi connectivity index (χ1v) is 10.2. The van der Waals surface area contributed by atoms with Crippen LogP contribution in [-0.4, -0.2) is 74.8 Å². The normalized spacial score (nSPS) is 19.6. The second-order valence-corrected chi connectivity index (χ2v) is 7.31. The first-order chi connectivity index (χ1) is 12.8. The van der Waals surface area contributed by atoms with Gasteiger partial charge in [-0.1, -0.05) is 30.3 Å². The van der Waals surface area contributed by atoms with E-state index >= 15 is 0 Å². The number of likely N-dealkylation sites (tertiary alicyclic amines) is 1. The second-order valence-electron chi connectivity index (χ2n) is 7.31. The number of piperidine rings is 1. The highest BCUT2D eigenvalue weighted by molar-refractivity contribution is 14.0. The van der Waals surface area contributed by atoms with Crippen molar-refractivity contribution in [3.05, 3.63) is 35.9 Å². The third-order valence-electron chi connectivity index (χ3n) is 5.40. The van der Waals surface area contributed by atoms with Gasteiger partial charge in [0.15, 0.2) is 5.96 Å². The standard InChI is InChI=1S/C21H34N4O.HI/c1-2-22-21(23-10-13-24-14-16-26-17-15-24)25-11-8-20(9-12-25)18-19-6-4-3-5-7-19;/h3-7,20H,2,8-18H2,1H3,(H,22,23);1H. The number of hydrogen-bond donors (Lipinski definition) is 1. The number of aliphatic imine (C=N–C) groups is 1. The van der Waals surface area contributed by atoms with Crippen LogP contribution in [0.3, 0.4) is 0 Å². The summed E-state index contributed by atoms with van der Waals surface area (Å²) in [7, 11) is 0. The lowest BCUT2D eigenvalue weighted by atomic mass is 9.90.